The maximum Gasteiger partial charge on any atom is 0.411 e. The van der Waals surface area contributed by atoms with Gasteiger partial charge in [-0.05, 0) is 76.3 Å². The van der Waals surface area contributed by atoms with Crippen LogP contribution in [0.4, 0.5) is 10.5 Å². The predicted octanol–water partition coefficient (Wildman–Crippen LogP) is 6.15. The number of benzene rings is 1. The fourth-order valence-electron chi connectivity index (χ4n) is 10.7. The number of aliphatic carboxylic acids is 1. The molecule has 5 saturated heterocycles. The van der Waals surface area contributed by atoms with Gasteiger partial charge in [-0.3, -0.25) is 10.1 Å². The summed E-state index contributed by atoms with van der Waals surface area (Å²) in [5.74, 6) is -4.95. The third-order valence-corrected chi connectivity index (χ3v) is 14.2. The van der Waals surface area contributed by atoms with Gasteiger partial charge in [0.25, 0.3) is 0 Å². The Labute approximate surface area is 360 Å². The first-order valence-corrected chi connectivity index (χ1v) is 20.9. The molecule has 1 radical (unpaired) electrons. The molecule has 0 unspecified atom stereocenters. The van der Waals surface area contributed by atoms with Crippen molar-refractivity contribution in [1.29, 1.82) is 0 Å². The second kappa shape index (κ2) is 18.3. The number of aliphatic hydroxyl groups is 2. The first kappa shape index (κ1) is 46.7. The number of carbonyl (C=O) groups excluding carboxylic acids is 1. The number of hydrogen-bond donors (Lipinski definition) is 4. The van der Waals surface area contributed by atoms with E-state index in [4.69, 9.17) is 33.2 Å². The van der Waals surface area contributed by atoms with E-state index in [1.165, 1.54) is 7.11 Å². The summed E-state index contributed by atoms with van der Waals surface area (Å²) < 4.78 is 45.5. The number of methoxy groups -OCH3 is 1. The van der Waals surface area contributed by atoms with Crippen LogP contribution in [0, 0.1) is 35.5 Å². The Morgan fingerprint density at radius 2 is 1.70 bits per heavy atom. The molecule has 14 heteroatoms. The van der Waals surface area contributed by atoms with Crippen LogP contribution in [0.5, 0.6) is 0 Å². The Kier molecular flexibility index (Phi) is 15.0. The summed E-state index contributed by atoms with van der Waals surface area (Å²) in [4.78, 5) is 24.5. The minimum atomic E-state index is -1.67. The van der Waals surface area contributed by atoms with Crippen molar-refractivity contribution in [1.82, 2.24) is 0 Å². The van der Waals surface area contributed by atoms with E-state index in [-0.39, 0.29) is 84.1 Å². The molecule has 5 aliphatic rings. The van der Waals surface area contributed by atoms with E-state index in [9.17, 15) is 24.9 Å². The van der Waals surface area contributed by atoms with Crippen LogP contribution >= 0.6 is 0 Å². The van der Waals surface area contributed by atoms with Crippen LogP contribution in [0.2, 0.25) is 0 Å². The molecule has 13 nitrogen and oxygen atoms in total. The predicted molar refractivity (Wildman–Crippen MR) is 212 cm³/mol. The van der Waals surface area contributed by atoms with Gasteiger partial charge in [0.1, 0.15) is 6.61 Å². The number of amides is 1. The van der Waals surface area contributed by atoms with E-state index in [1.54, 1.807) is 19.1 Å². The molecule has 0 aromatic heterocycles. The van der Waals surface area contributed by atoms with Gasteiger partial charge in [-0.1, -0.05) is 59.7 Å². The first-order valence-electron chi connectivity index (χ1n) is 20.9. The summed E-state index contributed by atoms with van der Waals surface area (Å²) in [7, 11) is 1.52. The van der Waals surface area contributed by atoms with E-state index in [2.05, 4.69) is 33.0 Å². The average molecular weight is 813 g/mol. The molecule has 1 aromatic rings. The Hall–Kier alpha value is -1.36. The van der Waals surface area contributed by atoms with Gasteiger partial charge in [-0.25, -0.2) is 4.79 Å². The van der Waals surface area contributed by atoms with E-state index >= 15 is 0 Å². The van der Waals surface area contributed by atoms with Crippen molar-refractivity contribution in [3.63, 3.8) is 0 Å². The fourth-order valence-corrected chi connectivity index (χ4v) is 10.7. The van der Waals surface area contributed by atoms with Gasteiger partial charge in [0.2, 0.25) is 5.79 Å². The van der Waals surface area contributed by atoms with Crippen molar-refractivity contribution in [2.75, 3.05) is 19.0 Å². The normalized spacial score (nSPS) is 43.6. The molecule has 5 aliphatic heterocycles. The van der Waals surface area contributed by atoms with Gasteiger partial charge in [0.05, 0.1) is 59.8 Å². The van der Waals surface area contributed by atoms with Crippen LogP contribution in [-0.2, 0) is 38.0 Å². The molecule has 0 bridgehead atoms. The number of carboxylic acid groups (broad SMARTS) is 1. The minimum absolute atomic E-state index is 0. The summed E-state index contributed by atoms with van der Waals surface area (Å²) in [6.45, 7) is 15.7. The van der Waals surface area contributed by atoms with E-state index in [0.717, 1.165) is 25.7 Å². The van der Waals surface area contributed by atoms with Gasteiger partial charge >= 0.3 is 12.1 Å². The molecule has 0 saturated carbocycles. The number of rotatable bonds is 12. The van der Waals surface area contributed by atoms with Crippen molar-refractivity contribution < 1.29 is 58.1 Å². The maximum absolute atomic E-state index is 12.6. The molecule has 1 amide bonds. The molecule has 317 valence electrons. The zero-order valence-corrected chi connectivity index (χ0v) is 37.8. The van der Waals surface area contributed by atoms with Crippen molar-refractivity contribution in [2.24, 2.45) is 35.5 Å². The molecule has 6 rings (SSSR count). The molecule has 1 spiro atoms. The van der Waals surface area contributed by atoms with E-state index < -0.39 is 65.2 Å². The Morgan fingerprint density at radius 3 is 2.35 bits per heavy atom. The second-order valence-corrected chi connectivity index (χ2v) is 18.2. The van der Waals surface area contributed by atoms with Crippen molar-refractivity contribution in [3.05, 3.63) is 30.3 Å². The van der Waals surface area contributed by atoms with Gasteiger partial charge in [0, 0.05) is 72.9 Å². The zero-order valence-electron chi connectivity index (χ0n) is 35.8. The summed E-state index contributed by atoms with van der Waals surface area (Å²) >= 11 is 0. The minimum Gasteiger partial charge on any atom is -0.481 e. The van der Waals surface area contributed by atoms with Crippen molar-refractivity contribution >= 4 is 47.3 Å². The number of aliphatic hydroxyl groups excluding tert-OH is 1. The quantitative estimate of drug-likeness (QED) is 0.178. The SMILES string of the molecule is CC[C@@]1([C@@H]2O[C@@H]([C@H]3O[C@@](O)(COC(=O)Nc4ccccc4)[C@H](C)C[C@@H]3C)C[C@@H]2C)CC[C@H]([C@]2(C)CC[C@]3(C[C@H](O)[C@@H](C)[C@@H]([C@@H](C)[C@@H](OC)[C@H](C)C(=O)O)O3)O2)O1.[Na]. The summed E-state index contributed by atoms with van der Waals surface area (Å²) in [5.41, 5.74) is -0.638. The van der Waals surface area contributed by atoms with Crippen LogP contribution < -0.4 is 5.32 Å². The number of anilines is 1. The number of carboxylic acids is 1. The topological polar surface area (TPSA) is 171 Å². The fraction of sp³-hybridized carbons (Fsp3) is 0.814. The van der Waals surface area contributed by atoms with Gasteiger partial charge in [-0.15, -0.1) is 0 Å². The molecule has 5 heterocycles. The summed E-state index contributed by atoms with van der Waals surface area (Å²) in [6, 6.07) is 9.01. The van der Waals surface area contributed by atoms with Crippen LogP contribution in [0.25, 0.3) is 0 Å². The molecule has 57 heavy (non-hydrogen) atoms. The molecule has 17 atom stereocenters. The largest absolute Gasteiger partial charge is 0.481 e. The number of para-hydroxylation sites is 1. The number of carbonyl (C=O) groups is 2. The molecule has 5 fully saturated rings. The van der Waals surface area contributed by atoms with Crippen molar-refractivity contribution in [2.45, 2.75) is 172 Å². The Bertz CT molecular complexity index is 1520. The standard InChI is InChI=1S/C43H67NO12.Na/c1-10-41(37-25(3)21-32(52-37)34-24(2)20-26(4)43(49,55-34)23-51-39(48)44-30-14-12-11-13-15-30)17-16-33(53-41)40(8)18-19-42(56-40)22-31(45)27(5)36(54-42)28(6)35(50-9)29(7)38(46)47;/h11-15,24-29,31-37,45,49H,10,16-23H2,1-9H3,(H,44,48)(H,46,47);/t24-,25-,26+,27+,28-,29-,31-,32+,33+,34-,35+,36-,37+,40-,41-,42+,43-;/m0./s1. The number of hydrogen-bond acceptors (Lipinski definition) is 11. The molecular weight excluding hydrogens is 745 g/mol. The summed E-state index contributed by atoms with van der Waals surface area (Å²) in [6.07, 6.45) is 1.73. The Morgan fingerprint density at radius 1 is 1.00 bits per heavy atom. The maximum atomic E-state index is 12.6. The third-order valence-electron chi connectivity index (χ3n) is 14.2. The van der Waals surface area contributed by atoms with Crippen LogP contribution in [0.1, 0.15) is 107 Å². The zero-order chi connectivity index (χ0) is 40.8. The molecule has 4 N–H and O–H groups in total. The van der Waals surface area contributed by atoms with Crippen molar-refractivity contribution in [3.8, 4) is 0 Å². The van der Waals surface area contributed by atoms with E-state index in [1.807, 2.05) is 39.0 Å². The molecule has 1 aromatic carbocycles. The van der Waals surface area contributed by atoms with Crippen LogP contribution in [0.3, 0.4) is 0 Å². The van der Waals surface area contributed by atoms with Gasteiger partial charge in [-0.2, -0.15) is 0 Å². The van der Waals surface area contributed by atoms with Crippen LogP contribution in [0.15, 0.2) is 30.3 Å². The van der Waals surface area contributed by atoms with Crippen LogP contribution in [-0.4, -0.2) is 136 Å². The van der Waals surface area contributed by atoms with Gasteiger partial charge in [0.15, 0.2) is 5.79 Å². The van der Waals surface area contributed by atoms with E-state index in [0.29, 0.717) is 31.4 Å². The number of nitrogens with one attached hydrogen (secondary N) is 1. The molecule has 0 aliphatic carbocycles. The first-order chi connectivity index (χ1) is 26.4. The third kappa shape index (κ3) is 9.44. The smallest absolute Gasteiger partial charge is 0.411 e. The van der Waals surface area contributed by atoms with Gasteiger partial charge < -0.3 is 48.5 Å². The number of ether oxygens (including phenoxy) is 7. The average Bonchev–Trinajstić information content (AvgIpc) is 3.87. The Balaban J connectivity index is 0.00000620. The second-order valence-electron chi connectivity index (χ2n) is 18.2. The molecular formula is C43H67NNaO12. The monoisotopic (exact) mass is 812 g/mol. The summed E-state index contributed by atoms with van der Waals surface area (Å²) in [5, 5.41) is 35.5.